The number of anilines is 2. The molecule has 0 saturated heterocycles. The number of carboxylic acids is 1. The van der Waals surface area contributed by atoms with Gasteiger partial charge in [-0.25, -0.2) is 4.79 Å². The van der Waals surface area contributed by atoms with E-state index in [2.05, 4.69) is 10.6 Å². The van der Waals surface area contributed by atoms with Crippen LogP contribution in [0, 0.1) is 0 Å². The summed E-state index contributed by atoms with van der Waals surface area (Å²) in [5, 5.41) is 15.2. The summed E-state index contributed by atoms with van der Waals surface area (Å²) >= 11 is 5.20. The number of hydrogen-bond donors (Lipinski definition) is 3. The van der Waals surface area contributed by atoms with Crippen LogP contribution in [-0.4, -0.2) is 33.0 Å². The SMILES string of the molecule is CCCC(C(=O)O)N1C(=O)c2cc(-c3ccc(NC(=S)Nc4ccccc4C(F)(F)F)cc3)ccc2[C@@H]1C. The highest BCUT2D eigenvalue weighted by molar-refractivity contribution is 7.80. The van der Waals surface area contributed by atoms with E-state index >= 15 is 0 Å². The van der Waals surface area contributed by atoms with Crippen molar-refractivity contribution in [3.05, 3.63) is 83.4 Å². The molecule has 1 heterocycles. The van der Waals surface area contributed by atoms with Crippen LogP contribution in [0.15, 0.2) is 66.7 Å². The molecule has 0 aliphatic carbocycles. The van der Waals surface area contributed by atoms with Crippen molar-refractivity contribution in [2.75, 3.05) is 10.6 Å². The van der Waals surface area contributed by atoms with E-state index < -0.39 is 23.8 Å². The van der Waals surface area contributed by atoms with Crippen molar-refractivity contribution in [1.82, 2.24) is 4.90 Å². The van der Waals surface area contributed by atoms with Gasteiger partial charge in [-0.2, -0.15) is 13.2 Å². The predicted molar refractivity (Wildman–Crippen MR) is 144 cm³/mol. The van der Waals surface area contributed by atoms with Crippen LogP contribution in [0.5, 0.6) is 0 Å². The Bertz CT molecular complexity index is 1380. The van der Waals surface area contributed by atoms with Crippen molar-refractivity contribution in [3.63, 3.8) is 0 Å². The van der Waals surface area contributed by atoms with Crippen molar-refractivity contribution >= 4 is 40.6 Å². The van der Waals surface area contributed by atoms with Gasteiger partial charge in [0, 0.05) is 11.3 Å². The van der Waals surface area contributed by atoms with Crippen molar-refractivity contribution < 1.29 is 27.9 Å². The molecule has 0 fully saturated rings. The van der Waals surface area contributed by atoms with Crippen LogP contribution in [0.4, 0.5) is 24.5 Å². The van der Waals surface area contributed by atoms with Crippen molar-refractivity contribution in [2.24, 2.45) is 0 Å². The number of fused-ring (bicyclic) bond motifs is 1. The first-order valence-corrected chi connectivity index (χ1v) is 12.5. The highest BCUT2D eigenvalue weighted by atomic mass is 32.1. The van der Waals surface area contributed by atoms with E-state index in [1.165, 1.54) is 23.1 Å². The second-order valence-corrected chi connectivity index (χ2v) is 9.44. The number of aliphatic carboxylic acids is 1. The summed E-state index contributed by atoms with van der Waals surface area (Å²) in [6.45, 7) is 3.72. The maximum Gasteiger partial charge on any atom is 0.418 e. The molecule has 1 amide bonds. The van der Waals surface area contributed by atoms with Crippen LogP contribution in [0.3, 0.4) is 0 Å². The summed E-state index contributed by atoms with van der Waals surface area (Å²) < 4.78 is 39.7. The lowest BCUT2D eigenvalue weighted by Gasteiger charge is -2.28. The zero-order valence-electron chi connectivity index (χ0n) is 20.7. The van der Waals surface area contributed by atoms with Crippen LogP contribution in [0.1, 0.15) is 54.2 Å². The van der Waals surface area contributed by atoms with Gasteiger partial charge in [-0.1, -0.05) is 49.7 Å². The molecule has 6 nitrogen and oxygen atoms in total. The molecule has 1 aliphatic rings. The number of nitrogens with zero attached hydrogens (tertiary/aromatic N) is 1. The Morgan fingerprint density at radius 2 is 1.71 bits per heavy atom. The lowest BCUT2D eigenvalue weighted by Crippen LogP contribution is -2.42. The molecule has 38 heavy (non-hydrogen) atoms. The van der Waals surface area contributed by atoms with Gasteiger partial charge in [0.2, 0.25) is 0 Å². The number of carboxylic acid groups (broad SMARTS) is 1. The van der Waals surface area contributed by atoms with Crippen LogP contribution in [-0.2, 0) is 11.0 Å². The predicted octanol–water partition coefficient (Wildman–Crippen LogP) is 6.95. The average Bonchev–Trinajstić information content (AvgIpc) is 3.11. The van der Waals surface area contributed by atoms with Gasteiger partial charge in [-0.05, 0) is 72.6 Å². The molecule has 10 heteroatoms. The quantitative estimate of drug-likeness (QED) is 0.281. The van der Waals surface area contributed by atoms with E-state index in [1.807, 2.05) is 26.0 Å². The summed E-state index contributed by atoms with van der Waals surface area (Å²) in [5.74, 6) is -1.32. The molecule has 3 aromatic carbocycles. The second-order valence-electron chi connectivity index (χ2n) is 9.03. The molecular weight excluding hydrogens is 515 g/mol. The number of carbonyl (C=O) groups excluding carboxylic acids is 1. The fraction of sp³-hybridized carbons (Fsp3) is 0.250. The monoisotopic (exact) mass is 541 g/mol. The van der Waals surface area contributed by atoms with Crippen LogP contribution in [0.2, 0.25) is 0 Å². The zero-order valence-corrected chi connectivity index (χ0v) is 21.5. The van der Waals surface area contributed by atoms with E-state index in [1.54, 1.807) is 30.3 Å². The van der Waals surface area contributed by atoms with E-state index in [9.17, 15) is 27.9 Å². The lowest BCUT2D eigenvalue weighted by atomic mass is 9.98. The average molecular weight is 542 g/mol. The molecule has 2 atom stereocenters. The largest absolute Gasteiger partial charge is 0.480 e. The van der Waals surface area contributed by atoms with E-state index in [0.717, 1.165) is 22.8 Å². The first-order valence-electron chi connectivity index (χ1n) is 12.0. The normalized spacial score (nSPS) is 15.7. The third kappa shape index (κ3) is 5.50. The highest BCUT2D eigenvalue weighted by Crippen LogP contribution is 2.38. The van der Waals surface area contributed by atoms with E-state index in [-0.39, 0.29) is 22.7 Å². The Balaban J connectivity index is 1.49. The summed E-state index contributed by atoms with van der Waals surface area (Å²) in [4.78, 5) is 26.4. The van der Waals surface area contributed by atoms with Gasteiger partial charge in [0.15, 0.2) is 5.11 Å². The molecule has 3 N–H and O–H groups in total. The van der Waals surface area contributed by atoms with E-state index in [4.69, 9.17) is 12.2 Å². The highest BCUT2D eigenvalue weighted by Gasteiger charge is 2.41. The van der Waals surface area contributed by atoms with Gasteiger partial charge in [0.1, 0.15) is 6.04 Å². The smallest absolute Gasteiger partial charge is 0.418 e. The Labute approximate surface area is 223 Å². The summed E-state index contributed by atoms with van der Waals surface area (Å²) in [5.41, 5.74) is 2.45. The van der Waals surface area contributed by atoms with Crippen molar-refractivity contribution in [3.8, 4) is 11.1 Å². The Hall–Kier alpha value is -3.92. The van der Waals surface area contributed by atoms with Gasteiger partial charge >= 0.3 is 12.1 Å². The zero-order chi connectivity index (χ0) is 27.6. The fourth-order valence-corrected chi connectivity index (χ4v) is 4.91. The van der Waals surface area contributed by atoms with Gasteiger partial charge in [-0.3, -0.25) is 4.79 Å². The number of alkyl halides is 3. The van der Waals surface area contributed by atoms with Crippen molar-refractivity contribution in [2.45, 2.75) is 44.9 Å². The van der Waals surface area contributed by atoms with Gasteiger partial charge in [0.25, 0.3) is 5.91 Å². The second kappa shape index (κ2) is 10.8. The molecule has 1 aliphatic heterocycles. The minimum absolute atomic E-state index is 0.00622. The maximum absolute atomic E-state index is 13.2. The Kier molecular flexibility index (Phi) is 7.73. The maximum atomic E-state index is 13.2. The lowest BCUT2D eigenvalue weighted by molar-refractivity contribution is -0.143. The molecule has 1 unspecified atom stereocenters. The molecule has 0 spiro atoms. The van der Waals surface area contributed by atoms with Crippen LogP contribution >= 0.6 is 12.2 Å². The number of rotatable bonds is 7. The number of benzene rings is 3. The number of para-hydroxylation sites is 1. The van der Waals surface area contributed by atoms with Crippen LogP contribution in [0.25, 0.3) is 11.1 Å². The number of thiocarbonyl (C=S) groups is 1. The van der Waals surface area contributed by atoms with Gasteiger partial charge < -0.3 is 20.6 Å². The van der Waals surface area contributed by atoms with Gasteiger partial charge in [0.05, 0.1) is 17.3 Å². The third-order valence-corrected chi connectivity index (χ3v) is 6.73. The molecule has 198 valence electrons. The minimum atomic E-state index is -4.52. The number of amides is 1. The van der Waals surface area contributed by atoms with Crippen molar-refractivity contribution in [1.29, 1.82) is 0 Å². The van der Waals surface area contributed by atoms with Gasteiger partial charge in [-0.15, -0.1) is 0 Å². The standard InChI is InChI=1S/C28H26F3N3O3S/c1-3-6-24(26(36)37)34-16(2)20-14-11-18(15-21(20)25(34)35)17-9-12-19(13-10-17)32-27(38)33-23-8-5-4-7-22(23)28(29,30)31/h4-5,7-16,24H,3,6H2,1-2H3,(H,36,37)(H2,32,33,38)/t16-,24?/m0/s1. The summed E-state index contributed by atoms with van der Waals surface area (Å²) in [6.07, 6.45) is -3.50. The third-order valence-electron chi connectivity index (χ3n) is 6.53. The first-order chi connectivity index (χ1) is 18.0. The molecule has 4 rings (SSSR count). The fourth-order valence-electron chi connectivity index (χ4n) is 4.69. The molecule has 0 radical (unpaired) electrons. The summed E-state index contributed by atoms with van der Waals surface area (Å²) in [6, 6.07) is 16.4. The molecule has 0 aromatic heterocycles. The molecule has 0 saturated carbocycles. The number of hydrogen-bond acceptors (Lipinski definition) is 3. The molecule has 0 bridgehead atoms. The topological polar surface area (TPSA) is 81.7 Å². The Morgan fingerprint density at radius 3 is 2.34 bits per heavy atom. The van der Waals surface area contributed by atoms with E-state index in [0.29, 0.717) is 24.1 Å². The first kappa shape index (κ1) is 27.1. The Morgan fingerprint density at radius 1 is 1.05 bits per heavy atom. The van der Waals surface area contributed by atoms with Crippen LogP contribution < -0.4 is 10.6 Å². The minimum Gasteiger partial charge on any atom is -0.480 e. The number of carbonyl (C=O) groups is 2. The molecular formula is C28H26F3N3O3S. The number of nitrogens with one attached hydrogen (secondary N) is 2. The molecule has 3 aromatic rings. The summed E-state index contributed by atoms with van der Waals surface area (Å²) in [7, 11) is 0. The number of halogens is 3.